The van der Waals surface area contributed by atoms with Crippen LogP contribution in [0.1, 0.15) is 122 Å². The number of esters is 2. The Morgan fingerprint density at radius 3 is 1.65 bits per heavy atom. The molecule has 1 N–H and O–H groups in total. The summed E-state index contributed by atoms with van der Waals surface area (Å²) >= 11 is 0. The summed E-state index contributed by atoms with van der Waals surface area (Å²) in [6.07, 6.45) is 12.9. The minimum Gasteiger partial charge on any atom is -0.478 e. The highest BCUT2D eigenvalue weighted by Gasteiger charge is 2.21. The zero-order chi connectivity index (χ0) is 22.9. The standard InChI is InChI=1S/C25H38O6/c1-3-5-7-9-10-11-12-14-18-31-25(29)22-19-20(23(26)27)15-16-21(22)24(28)30-17-13-8-6-4-2/h15-16,19H,3-14,17-18H2,1-2H3,(H,26,27). The first-order valence-electron chi connectivity index (χ1n) is 11.7. The Labute approximate surface area is 186 Å². The van der Waals surface area contributed by atoms with Gasteiger partial charge in [0.25, 0.3) is 0 Å². The zero-order valence-corrected chi connectivity index (χ0v) is 19.1. The van der Waals surface area contributed by atoms with Crippen molar-refractivity contribution in [2.45, 2.75) is 90.9 Å². The summed E-state index contributed by atoms with van der Waals surface area (Å²) in [6.45, 7) is 4.81. The van der Waals surface area contributed by atoms with Crippen LogP contribution in [0.3, 0.4) is 0 Å². The minimum absolute atomic E-state index is 0.0430. The number of aromatic carboxylic acids is 1. The molecule has 0 saturated heterocycles. The Hall–Kier alpha value is -2.37. The predicted molar refractivity (Wildman–Crippen MR) is 121 cm³/mol. The van der Waals surface area contributed by atoms with E-state index in [1.165, 1.54) is 50.3 Å². The van der Waals surface area contributed by atoms with E-state index in [1.807, 2.05) is 0 Å². The Morgan fingerprint density at radius 1 is 0.677 bits per heavy atom. The lowest BCUT2D eigenvalue weighted by Gasteiger charge is -2.11. The van der Waals surface area contributed by atoms with Crippen molar-refractivity contribution >= 4 is 17.9 Å². The number of unbranched alkanes of at least 4 members (excludes halogenated alkanes) is 10. The van der Waals surface area contributed by atoms with Gasteiger partial charge in [0.15, 0.2) is 0 Å². The number of rotatable bonds is 17. The second-order valence-corrected chi connectivity index (χ2v) is 7.87. The lowest BCUT2D eigenvalue weighted by Crippen LogP contribution is -2.16. The van der Waals surface area contributed by atoms with Gasteiger partial charge in [0.1, 0.15) is 0 Å². The van der Waals surface area contributed by atoms with Crippen LogP contribution < -0.4 is 0 Å². The average molecular weight is 435 g/mol. The van der Waals surface area contributed by atoms with Crippen molar-refractivity contribution < 1.29 is 29.0 Å². The van der Waals surface area contributed by atoms with Crippen molar-refractivity contribution in [3.05, 3.63) is 34.9 Å². The normalized spacial score (nSPS) is 10.6. The van der Waals surface area contributed by atoms with Crippen molar-refractivity contribution in [1.82, 2.24) is 0 Å². The van der Waals surface area contributed by atoms with Gasteiger partial charge in [-0.15, -0.1) is 0 Å². The topological polar surface area (TPSA) is 89.9 Å². The van der Waals surface area contributed by atoms with Crippen LogP contribution in [0.4, 0.5) is 0 Å². The van der Waals surface area contributed by atoms with Gasteiger partial charge in [-0.2, -0.15) is 0 Å². The Bertz CT molecular complexity index is 683. The molecule has 1 aromatic carbocycles. The van der Waals surface area contributed by atoms with Crippen LogP contribution in [0.2, 0.25) is 0 Å². The summed E-state index contributed by atoms with van der Waals surface area (Å²) < 4.78 is 10.6. The highest BCUT2D eigenvalue weighted by atomic mass is 16.5. The Kier molecular flexibility index (Phi) is 14.1. The molecule has 0 aliphatic rings. The van der Waals surface area contributed by atoms with Crippen LogP contribution in [0.25, 0.3) is 0 Å². The van der Waals surface area contributed by atoms with E-state index >= 15 is 0 Å². The number of ether oxygens (including phenoxy) is 2. The molecule has 1 aromatic rings. The van der Waals surface area contributed by atoms with Gasteiger partial charge in [0.2, 0.25) is 0 Å². The second-order valence-electron chi connectivity index (χ2n) is 7.87. The number of carboxylic acids is 1. The molecule has 0 aliphatic carbocycles. The van der Waals surface area contributed by atoms with Crippen molar-refractivity contribution in [2.75, 3.05) is 13.2 Å². The number of carbonyl (C=O) groups is 3. The third-order valence-electron chi connectivity index (χ3n) is 5.17. The molecule has 0 atom stereocenters. The van der Waals surface area contributed by atoms with Crippen molar-refractivity contribution in [1.29, 1.82) is 0 Å². The van der Waals surface area contributed by atoms with Crippen LogP contribution in [0, 0.1) is 0 Å². The average Bonchev–Trinajstić information content (AvgIpc) is 2.77. The van der Waals surface area contributed by atoms with Gasteiger partial charge in [0.05, 0.1) is 29.9 Å². The van der Waals surface area contributed by atoms with Gasteiger partial charge >= 0.3 is 17.9 Å². The molecule has 0 unspecified atom stereocenters. The molecule has 0 amide bonds. The van der Waals surface area contributed by atoms with E-state index in [0.717, 1.165) is 44.9 Å². The molecule has 31 heavy (non-hydrogen) atoms. The Balaban J connectivity index is 2.58. The summed E-state index contributed by atoms with van der Waals surface area (Å²) in [4.78, 5) is 36.3. The second kappa shape index (κ2) is 16.3. The predicted octanol–water partition coefficient (Wildman–Crippen LogP) is 6.42. The van der Waals surface area contributed by atoms with Crippen molar-refractivity contribution in [3.63, 3.8) is 0 Å². The van der Waals surface area contributed by atoms with E-state index in [1.54, 1.807) is 0 Å². The highest BCUT2D eigenvalue weighted by molar-refractivity contribution is 6.05. The fraction of sp³-hybridized carbons (Fsp3) is 0.640. The molecule has 0 aromatic heterocycles. The van der Waals surface area contributed by atoms with Gasteiger partial charge in [-0.1, -0.05) is 78.1 Å². The van der Waals surface area contributed by atoms with Crippen LogP contribution in [0.15, 0.2) is 18.2 Å². The maximum Gasteiger partial charge on any atom is 0.339 e. The summed E-state index contributed by atoms with van der Waals surface area (Å²) in [5.74, 6) is -2.49. The van der Waals surface area contributed by atoms with E-state index in [9.17, 15) is 19.5 Å². The molecule has 0 fully saturated rings. The molecule has 174 valence electrons. The van der Waals surface area contributed by atoms with Crippen LogP contribution in [-0.4, -0.2) is 36.2 Å². The third kappa shape index (κ3) is 11.0. The molecule has 6 heteroatoms. The lowest BCUT2D eigenvalue weighted by molar-refractivity contribution is 0.0450. The van der Waals surface area contributed by atoms with Gasteiger partial charge in [-0.05, 0) is 31.0 Å². The number of benzene rings is 1. The third-order valence-corrected chi connectivity index (χ3v) is 5.17. The van der Waals surface area contributed by atoms with Gasteiger partial charge in [-0.3, -0.25) is 0 Å². The fourth-order valence-electron chi connectivity index (χ4n) is 3.27. The SMILES string of the molecule is CCCCCCCCCCOC(=O)c1cc(C(=O)O)ccc1C(=O)OCCCCCC. The molecule has 1 rings (SSSR count). The number of hydrogen-bond acceptors (Lipinski definition) is 5. The molecule has 0 radical (unpaired) electrons. The van der Waals surface area contributed by atoms with Gasteiger partial charge in [-0.25, -0.2) is 14.4 Å². The number of carbonyl (C=O) groups excluding carboxylic acids is 2. The number of carboxylic acid groups (broad SMARTS) is 1. The molecule has 0 heterocycles. The van der Waals surface area contributed by atoms with Gasteiger partial charge < -0.3 is 14.6 Å². The first-order chi connectivity index (χ1) is 15.0. The summed E-state index contributed by atoms with van der Waals surface area (Å²) in [6, 6.07) is 3.81. The fourth-order valence-corrected chi connectivity index (χ4v) is 3.27. The van der Waals surface area contributed by atoms with E-state index in [4.69, 9.17) is 9.47 Å². The molecular weight excluding hydrogens is 396 g/mol. The quantitative estimate of drug-likeness (QED) is 0.225. The summed E-state index contributed by atoms with van der Waals surface area (Å²) in [5, 5.41) is 9.23. The van der Waals surface area contributed by atoms with E-state index in [2.05, 4.69) is 13.8 Å². The first kappa shape index (κ1) is 26.7. The largest absolute Gasteiger partial charge is 0.478 e. The molecule has 6 nitrogen and oxygen atoms in total. The van der Waals surface area contributed by atoms with E-state index in [-0.39, 0.29) is 29.9 Å². The smallest absolute Gasteiger partial charge is 0.339 e. The summed E-state index contributed by atoms with van der Waals surface area (Å²) in [7, 11) is 0. The van der Waals surface area contributed by atoms with Crippen molar-refractivity contribution in [3.8, 4) is 0 Å². The summed E-state index contributed by atoms with van der Waals surface area (Å²) in [5.41, 5.74) is -0.0852. The molecule has 0 bridgehead atoms. The zero-order valence-electron chi connectivity index (χ0n) is 19.1. The first-order valence-corrected chi connectivity index (χ1v) is 11.7. The monoisotopic (exact) mass is 434 g/mol. The number of hydrogen-bond donors (Lipinski definition) is 1. The van der Waals surface area contributed by atoms with Crippen molar-refractivity contribution in [2.24, 2.45) is 0 Å². The molecule has 0 saturated carbocycles. The maximum absolute atomic E-state index is 12.5. The molecule has 0 spiro atoms. The van der Waals surface area contributed by atoms with Crippen LogP contribution >= 0.6 is 0 Å². The van der Waals surface area contributed by atoms with Gasteiger partial charge in [0, 0.05) is 0 Å². The van der Waals surface area contributed by atoms with E-state index < -0.39 is 17.9 Å². The Morgan fingerprint density at radius 2 is 1.13 bits per heavy atom. The van der Waals surface area contributed by atoms with Crippen LogP contribution in [0.5, 0.6) is 0 Å². The maximum atomic E-state index is 12.5. The molecule has 0 aliphatic heterocycles. The van der Waals surface area contributed by atoms with Crippen LogP contribution in [-0.2, 0) is 9.47 Å². The van der Waals surface area contributed by atoms with E-state index in [0.29, 0.717) is 0 Å². The molecular formula is C25H38O6. The highest BCUT2D eigenvalue weighted by Crippen LogP contribution is 2.17. The minimum atomic E-state index is -1.17. The lowest BCUT2D eigenvalue weighted by atomic mass is 10.0.